The topological polar surface area (TPSA) is 115 Å². The van der Waals surface area contributed by atoms with Gasteiger partial charge in [-0.3, -0.25) is 9.59 Å². The van der Waals surface area contributed by atoms with Crippen molar-refractivity contribution >= 4 is 23.6 Å². The highest BCUT2D eigenvalue weighted by atomic mass is 16.4. The summed E-state index contributed by atoms with van der Waals surface area (Å²) in [6.07, 6.45) is -0.313. The van der Waals surface area contributed by atoms with E-state index in [-0.39, 0.29) is 31.5 Å². The highest BCUT2D eigenvalue weighted by Crippen LogP contribution is 2.22. The summed E-state index contributed by atoms with van der Waals surface area (Å²) in [5, 5.41) is 26.5. The number of hydrogen-bond donors (Lipinski definition) is 3. The van der Waals surface area contributed by atoms with Gasteiger partial charge < -0.3 is 20.2 Å². The van der Waals surface area contributed by atoms with Gasteiger partial charge in [-0.25, -0.2) is 4.79 Å². The molecule has 1 aromatic carbocycles. The van der Waals surface area contributed by atoms with Gasteiger partial charge in [0.25, 0.3) is 0 Å². The van der Waals surface area contributed by atoms with E-state index in [2.05, 4.69) is 0 Å². The molecule has 7 nitrogen and oxygen atoms in total. The second-order valence-corrected chi connectivity index (χ2v) is 4.58. The molecular weight excluding hydrogens is 278 g/mol. The van der Waals surface area contributed by atoms with Gasteiger partial charge >= 0.3 is 17.9 Å². The third kappa shape index (κ3) is 5.13. The Morgan fingerprint density at radius 1 is 1.00 bits per heavy atom. The number of carbonyl (C=O) groups is 3. The number of aromatic carboxylic acids is 1. The van der Waals surface area contributed by atoms with Crippen LogP contribution in [0.15, 0.2) is 18.2 Å². The number of carboxylic acid groups (broad SMARTS) is 3. The number of aliphatic carboxylic acids is 2. The Morgan fingerprint density at radius 2 is 1.52 bits per heavy atom. The molecule has 0 aliphatic heterocycles. The van der Waals surface area contributed by atoms with Gasteiger partial charge in [0.2, 0.25) is 0 Å². The van der Waals surface area contributed by atoms with Crippen LogP contribution >= 0.6 is 0 Å². The quantitative estimate of drug-likeness (QED) is 0.664. The van der Waals surface area contributed by atoms with Gasteiger partial charge in [-0.15, -0.1) is 0 Å². The van der Waals surface area contributed by atoms with Crippen LogP contribution in [0.25, 0.3) is 0 Å². The third-order valence-corrected chi connectivity index (χ3v) is 2.99. The molecule has 0 amide bonds. The summed E-state index contributed by atoms with van der Waals surface area (Å²) >= 11 is 0. The number of carboxylic acids is 3. The summed E-state index contributed by atoms with van der Waals surface area (Å²) in [5.41, 5.74) is 1.37. The average Bonchev–Trinajstić information content (AvgIpc) is 2.39. The lowest BCUT2D eigenvalue weighted by Gasteiger charge is -2.25. The Bertz CT molecular complexity index is 536. The maximum absolute atomic E-state index is 11.0. The molecule has 3 N–H and O–H groups in total. The maximum Gasteiger partial charge on any atom is 0.335 e. The minimum atomic E-state index is -1.09. The first-order valence-corrected chi connectivity index (χ1v) is 6.33. The van der Waals surface area contributed by atoms with Gasteiger partial charge in [-0.05, 0) is 24.6 Å². The van der Waals surface area contributed by atoms with Crippen LogP contribution in [0.4, 0.5) is 5.69 Å². The van der Waals surface area contributed by atoms with Gasteiger partial charge in [0.15, 0.2) is 0 Å². The Balaban J connectivity index is 3.04. The van der Waals surface area contributed by atoms with E-state index in [0.717, 1.165) is 5.56 Å². The second kappa shape index (κ2) is 7.28. The van der Waals surface area contributed by atoms with E-state index < -0.39 is 17.9 Å². The molecule has 0 fully saturated rings. The highest BCUT2D eigenvalue weighted by Gasteiger charge is 2.15. The molecule has 7 heteroatoms. The molecule has 21 heavy (non-hydrogen) atoms. The van der Waals surface area contributed by atoms with E-state index in [0.29, 0.717) is 5.69 Å². The molecule has 0 atom stereocenters. The van der Waals surface area contributed by atoms with Crippen LogP contribution in [0.3, 0.4) is 0 Å². The number of rotatable bonds is 8. The first-order chi connectivity index (χ1) is 9.81. The summed E-state index contributed by atoms with van der Waals surface area (Å²) in [5.74, 6) is -3.09. The minimum Gasteiger partial charge on any atom is -0.481 e. The molecule has 0 radical (unpaired) electrons. The van der Waals surface area contributed by atoms with Gasteiger partial charge in [-0.1, -0.05) is 6.07 Å². The number of hydrogen-bond acceptors (Lipinski definition) is 4. The zero-order valence-corrected chi connectivity index (χ0v) is 11.6. The number of nitrogens with zero attached hydrogens (tertiary/aromatic N) is 1. The highest BCUT2D eigenvalue weighted by molar-refractivity contribution is 5.89. The molecule has 0 bridgehead atoms. The standard InChI is InChI=1S/C14H17NO6/c1-9-2-3-10(14(20)21)8-11(9)15(6-4-12(16)17)7-5-13(18)19/h2-3,8H,4-7H2,1H3,(H,16,17)(H,18,19)(H,20,21). The molecule has 0 saturated heterocycles. The minimum absolute atomic E-state index is 0.0752. The van der Waals surface area contributed by atoms with Crippen LogP contribution in [0.1, 0.15) is 28.8 Å². The van der Waals surface area contributed by atoms with E-state index in [1.807, 2.05) is 0 Å². The van der Waals surface area contributed by atoms with Crippen molar-refractivity contribution in [2.75, 3.05) is 18.0 Å². The van der Waals surface area contributed by atoms with Crippen molar-refractivity contribution in [3.63, 3.8) is 0 Å². The zero-order valence-electron chi connectivity index (χ0n) is 11.6. The van der Waals surface area contributed by atoms with Crippen molar-refractivity contribution in [1.29, 1.82) is 0 Å². The molecule has 1 rings (SSSR count). The number of anilines is 1. The molecule has 1 aromatic rings. The van der Waals surface area contributed by atoms with Gasteiger partial charge in [0.1, 0.15) is 0 Å². The van der Waals surface area contributed by atoms with Crippen LogP contribution in [0, 0.1) is 6.92 Å². The Hall–Kier alpha value is -2.57. The normalized spacial score (nSPS) is 10.1. The average molecular weight is 295 g/mol. The summed E-state index contributed by atoms with van der Waals surface area (Å²) < 4.78 is 0. The number of aryl methyl sites for hydroxylation is 1. The molecule has 114 valence electrons. The first-order valence-electron chi connectivity index (χ1n) is 6.33. The fraction of sp³-hybridized carbons (Fsp3) is 0.357. The van der Waals surface area contributed by atoms with Gasteiger partial charge in [0, 0.05) is 18.8 Å². The van der Waals surface area contributed by atoms with Crippen molar-refractivity contribution in [2.45, 2.75) is 19.8 Å². The summed E-state index contributed by atoms with van der Waals surface area (Å²) in [6, 6.07) is 4.50. The molecular formula is C14H17NO6. The van der Waals surface area contributed by atoms with Crippen LogP contribution in [0.5, 0.6) is 0 Å². The monoisotopic (exact) mass is 295 g/mol. The summed E-state index contributed by atoms with van der Waals surface area (Å²) in [4.78, 5) is 34.0. The Kier molecular flexibility index (Phi) is 5.71. The molecule has 0 aromatic heterocycles. The van der Waals surface area contributed by atoms with Crippen molar-refractivity contribution < 1.29 is 29.7 Å². The Morgan fingerprint density at radius 3 is 1.95 bits per heavy atom. The smallest absolute Gasteiger partial charge is 0.335 e. The van der Waals surface area contributed by atoms with Crippen LogP contribution in [-0.2, 0) is 9.59 Å². The predicted octanol–water partition coefficient (Wildman–Crippen LogP) is 1.45. The van der Waals surface area contributed by atoms with Crippen molar-refractivity contribution in [3.8, 4) is 0 Å². The maximum atomic E-state index is 11.0. The fourth-order valence-electron chi connectivity index (χ4n) is 1.90. The third-order valence-electron chi connectivity index (χ3n) is 2.99. The van der Waals surface area contributed by atoms with E-state index in [1.165, 1.54) is 12.1 Å². The molecule has 0 aliphatic rings. The molecule has 0 saturated carbocycles. The molecule has 0 heterocycles. The van der Waals surface area contributed by atoms with Gasteiger partial charge in [-0.2, -0.15) is 0 Å². The van der Waals surface area contributed by atoms with E-state index in [1.54, 1.807) is 17.9 Å². The zero-order chi connectivity index (χ0) is 16.0. The predicted molar refractivity (Wildman–Crippen MR) is 74.9 cm³/mol. The molecule has 0 unspecified atom stereocenters. The molecule has 0 aliphatic carbocycles. The lowest BCUT2D eigenvalue weighted by atomic mass is 10.1. The van der Waals surface area contributed by atoms with Crippen molar-refractivity contribution in [1.82, 2.24) is 0 Å². The van der Waals surface area contributed by atoms with Crippen LogP contribution in [-0.4, -0.2) is 46.3 Å². The molecule has 0 spiro atoms. The van der Waals surface area contributed by atoms with Crippen molar-refractivity contribution in [3.05, 3.63) is 29.3 Å². The fourth-order valence-corrected chi connectivity index (χ4v) is 1.90. The first kappa shape index (κ1) is 16.5. The summed E-state index contributed by atoms with van der Waals surface area (Å²) in [7, 11) is 0. The largest absolute Gasteiger partial charge is 0.481 e. The van der Waals surface area contributed by atoms with E-state index >= 15 is 0 Å². The SMILES string of the molecule is Cc1ccc(C(=O)O)cc1N(CCC(=O)O)CCC(=O)O. The summed E-state index contributed by atoms with van der Waals surface area (Å²) in [6.45, 7) is 1.99. The van der Waals surface area contributed by atoms with Crippen LogP contribution in [0.2, 0.25) is 0 Å². The lowest BCUT2D eigenvalue weighted by Crippen LogP contribution is -2.29. The second-order valence-electron chi connectivity index (χ2n) is 4.58. The lowest BCUT2D eigenvalue weighted by molar-refractivity contribution is -0.137. The van der Waals surface area contributed by atoms with Gasteiger partial charge in [0.05, 0.1) is 18.4 Å². The number of benzene rings is 1. The van der Waals surface area contributed by atoms with E-state index in [9.17, 15) is 14.4 Å². The Labute approximate surface area is 121 Å². The van der Waals surface area contributed by atoms with Crippen LogP contribution < -0.4 is 4.90 Å². The van der Waals surface area contributed by atoms with Crippen molar-refractivity contribution in [2.24, 2.45) is 0 Å². The van der Waals surface area contributed by atoms with E-state index in [4.69, 9.17) is 15.3 Å².